The van der Waals surface area contributed by atoms with Crippen molar-refractivity contribution in [2.45, 2.75) is 42.9 Å². The maximum atomic E-state index is 12.2. The summed E-state index contributed by atoms with van der Waals surface area (Å²) in [4.78, 5) is 0. The molecule has 6 heteroatoms. The van der Waals surface area contributed by atoms with Crippen molar-refractivity contribution in [1.82, 2.24) is 4.72 Å². The number of halogens is 1. The number of alkyl halides is 1. The molecule has 16 heavy (non-hydrogen) atoms. The summed E-state index contributed by atoms with van der Waals surface area (Å²) < 4.78 is 32.4. The monoisotopic (exact) mass is 311 g/mol. The summed E-state index contributed by atoms with van der Waals surface area (Å²) in [5.41, 5.74) is -0.211. The fourth-order valence-electron chi connectivity index (χ4n) is 2.24. The van der Waals surface area contributed by atoms with E-state index in [1.807, 2.05) is 0 Å². The van der Waals surface area contributed by atoms with Crippen LogP contribution in [0, 0.1) is 0 Å². The van der Waals surface area contributed by atoms with Gasteiger partial charge in [0.15, 0.2) is 0 Å². The predicted octanol–water partition coefficient (Wildman–Crippen LogP) is 1.40. The van der Waals surface area contributed by atoms with Crippen molar-refractivity contribution >= 4 is 26.0 Å². The smallest absolute Gasteiger partial charge is 0.215 e. The standard InChI is InChI=1S/C10H18BrNO3S/c11-8-10(4-1-5-10)12-16(13,14)9-2-6-15-7-3-9/h9,12H,1-8H2. The normalized spacial score (nSPS) is 26.3. The number of sulfonamides is 1. The van der Waals surface area contributed by atoms with Crippen molar-refractivity contribution in [3.63, 3.8) is 0 Å². The van der Waals surface area contributed by atoms with Crippen molar-refractivity contribution in [2.75, 3.05) is 18.5 Å². The molecule has 0 aromatic heterocycles. The summed E-state index contributed by atoms with van der Waals surface area (Å²) in [7, 11) is -3.17. The van der Waals surface area contributed by atoms with Crippen LogP contribution >= 0.6 is 15.9 Å². The zero-order chi connectivity index (χ0) is 11.6. The number of hydrogen-bond donors (Lipinski definition) is 1. The summed E-state index contributed by atoms with van der Waals surface area (Å²) in [6.07, 6.45) is 4.24. The van der Waals surface area contributed by atoms with E-state index in [0.29, 0.717) is 31.4 Å². The molecule has 1 saturated heterocycles. The van der Waals surface area contributed by atoms with Gasteiger partial charge < -0.3 is 4.74 Å². The van der Waals surface area contributed by atoms with Crippen molar-refractivity contribution in [1.29, 1.82) is 0 Å². The fourth-order valence-corrected chi connectivity index (χ4v) is 4.98. The highest BCUT2D eigenvalue weighted by atomic mass is 79.9. The highest BCUT2D eigenvalue weighted by molar-refractivity contribution is 9.09. The Kier molecular flexibility index (Phi) is 3.93. The lowest BCUT2D eigenvalue weighted by Gasteiger charge is -2.42. The van der Waals surface area contributed by atoms with Crippen molar-refractivity contribution < 1.29 is 13.2 Å². The van der Waals surface area contributed by atoms with Gasteiger partial charge in [-0.3, -0.25) is 0 Å². The molecule has 94 valence electrons. The van der Waals surface area contributed by atoms with Crippen LogP contribution in [0.2, 0.25) is 0 Å². The highest BCUT2D eigenvalue weighted by Crippen LogP contribution is 2.35. The third-order valence-electron chi connectivity index (χ3n) is 3.53. The molecule has 2 rings (SSSR count). The molecule has 4 nitrogen and oxygen atoms in total. The van der Waals surface area contributed by atoms with Crippen LogP contribution in [0.3, 0.4) is 0 Å². The second kappa shape index (κ2) is 4.92. The molecule has 0 spiro atoms. The van der Waals surface area contributed by atoms with E-state index in [9.17, 15) is 8.42 Å². The van der Waals surface area contributed by atoms with Gasteiger partial charge in [0, 0.05) is 24.1 Å². The summed E-state index contributed by atoms with van der Waals surface area (Å²) in [6.45, 7) is 1.12. The molecule has 1 heterocycles. The van der Waals surface area contributed by atoms with E-state index in [1.165, 1.54) is 0 Å². The quantitative estimate of drug-likeness (QED) is 0.799. The lowest BCUT2D eigenvalue weighted by Crippen LogP contribution is -2.57. The summed E-state index contributed by atoms with van der Waals surface area (Å²) in [5, 5.41) is 0.445. The fraction of sp³-hybridized carbons (Fsp3) is 1.00. The molecular weight excluding hydrogens is 294 g/mol. The maximum Gasteiger partial charge on any atom is 0.215 e. The predicted molar refractivity (Wildman–Crippen MR) is 66.3 cm³/mol. The van der Waals surface area contributed by atoms with E-state index >= 15 is 0 Å². The molecule has 2 fully saturated rings. The van der Waals surface area contributed by atoms with Gasteiger partial charge in [0.25, 0.3) is 0 Å². The number of hydrogen-bond acceptors (Lipinski definition) is 3. The Balaban J connectivity index is 2.01. The van der Waals surface area contributed by atoms with Crippen molar-refractivity contribution in [2.24, 2.45) is 0 Å². The molecule has 0 radical (unpaired) electrons. The summed E-state index contributed by atoms with van der Waals surface area (Å²) in [5.74, 6) is 0. The molecule has 0 aromatic carbocycles. The Labute approximate surface area is 105 Å². The van der Waals surface area contributed by atoms with Gasteiger partial charge in [-0.25, -0.2) is 13.1 Å². The van der Waals surface area contributed by atoms with Gasteiger partial charge in [0.1, 0.15) is 0 Å². The summed E-state index contributed by atoms with van der Waals surface area (Å²) >= 11 is 3.41. The zero-order valence-electron chi connectivity index (χ0n) is 9.25. The van der Waals surface area contributed by atoms with Crippen LogP contribution in [0.15, 0.2) is 0 Å². The lowest BCUT2D eigenvalue weighted by atomic mass is 9.80. The Bertz CT molecular complexity index is 328. The van der Waals surface area contributed by atoms with Crippen LogP contribution < -0.4 is 4.72 Å². The second-order valence-electron chi connectivity index (χ2n) is 4.73. The van der Waals surface area contributed by atoms with E-state index in [0.717, 1.165) is 19.3 Å². The minimum absolute atomic E-state index is 0.211. The second-order valence-corrected chi connectivity index (χ2v) is 7.25. The van der Waals surface area contributed by atoms with Crippen LogP contribution in [-0.4, -0.2) is 37.8 Å². The first-order valence-electron chi connectivity index (χ1n) is 5.74. The topological polar surface area (TPSA) is 55.4 Å². The molecule has 0 atom stereocenters. The SMILES string of the molecule is O=S(=O)(NC1(CBr)CCC1)C1CCOCC1. The number of nitrogens with one attached hydrogen (secondary N) is 1. The Hall–Kier alpha value is 0.350. The van der Waals surface area contributed by atoms with E-state index in [4.69, 9.17) is 4.74 Å². The van der Waals surface area contributed by atoms with Crippen molar-refractivity contribution in [3.05, 3.63) is 0 Å². The van der Waals surface area contributed by atoms with Gasteiger partial charge >= 0.3 is 0 Å². The zero-order valence-corrected chi connectivity index (χ0v) is 11.6. The minimum atomic E-state index is -3.17. The molecule has 0 amide bonds. The van der Waals surface area contributed by atoms with E-state index in [1.54, 1.807) is 0 Å². The first-order valence-corrected chi connectivity index (χ1v) is 8.41. The largest absolute Gasteiger partial charge is 0.381 e. The molecule has 0 bridgehead atoms. The van der Waals surface area contributed by atoms with Crippen LogP contribution in [0.5, 0.6) is 0 Å². The Morgan fingerprint density at radius 1 is 1.31 bits per heavy atom. The summed E-state index contributed by atoms with van der Waals surface area (Å²) in [6, 6.07) is 0. The van der Waals surface area contributed by atoms with Crippen LogP contribution in [0.25, 0.3) is 0 Å². The average Bonchev–Trinajstić information content (AvgIpc) is 2.25. The average molecular weight is 312 g/mol. The van der Waals surface area contributed by atoms with Gasteiger partial charge in [-0.15, -0.1) is 0 Å². The van der Waals surface area contributed by atoms with E-state index in [2.05, 4.69) is 20.7 Å². The lowest BCUT2D eigenvalue weighted by molar-refractivity contribution is 0.0976. The van der Waals surface area contributed by atoms with Gasteiger partial charge in [-0.1, -0.05) is 15.9 Å². The van der Waals surface area contributed by atoms with E-state index in [-0.39, 0.29) is 10.8 Å². The molecule has 1 aliphatic heterocycles. The number of rotatable bonds is 4. The molecule has 0 aromatic rings. The van der Waals surface area contributed by atoms with Gasteiger partial charge in [-0.05, 0) is 32.1 Å². The highest BCUT2D eigenvalue weighted by Gasteiger charge is 2.41. The molecular formula is C10H18BrNO3S. The third-order valence-corrected chi connectivity index (χ3v) is 6.67. The minimum Gasteiger partial charge on any atom is -0.381 e. The van der Waals surface area contributed by atoms with Gasteiger partial charge in [0.05, 0.1) is 5.25 Å². The third kappa shape index (κ3) is 2.60. The molecule has 1 N–H and O–H groups in total. The Morgan fingerprint density at radius 2 is 1.94 bits per heavy atom. The van der Waals surface area contributed by atoms with Crippen LogP contribution in [-0.2, 0) is 14.8 Å². The maximum absolute atomic E-state index is 12.2. The van der Waals surface area contributed by atoms with Gasteiger partial charge in [-0.2, -0.15) is 0 Å². The first-order chi connectivity index (χ1) is 7.58. The van der Waals surface area contributed by atoms with Crippen LogP contribution in [0.4, 0.5) is 0 Å². The van der Waals surface area contributed by atoms with Crippen molar-refractivity contribution in [3.8, 4) is 0 Å². The molecule has 1 aliphatic carbocycles. The first kappa shape index (κ1) is 12.8. The van der Waals surface area contributed by atoms with E-state index < -0.39 is 10.0 Å². The van der Waals surface area contributed by atoms with Crippen LogP contribution in [0.1, 0.15) is 32.1 Å². The molecule has 1 saturated carbocycles. The molecule has 2 aliphatic rings. The Morgan fingerprint density at radius 3 is 2.38 bits per heavy atom. The van der Waals surface area contributed by atoms with Gasteiger partial charge in [0.2, 0.25) is 10.0 Å². The number of ether oxygens (including phenoxy) is 1. The molecule has 0 unspecified atom stereocenters.